The van der Waals surface area contributed by atoms with Gasteiger partial charge in [-0.3, -0.25) is 19.1 Å². The molecule has 37 heavy (non-hydrogen) atoms. The summed E-state index contributed by atoms with van der Waals surface area (Å²) in [7, 11) is 2.00. The molecular weight excluding hydrogens is 505 g/mol. The first-order valence-electron chi connectivity index (χ1n) is 11.9. The molecule has 1 fully saturated rings. The second kappa shape index (κ2) is 10.8. The molecule has 1 aliphatic rings. The summed E-state index contributed by atoms with van der Waals surface area (Å²) in [6, 6.07) is 7.55. The van der Waals surface area contributed by atoms with Crippen molar-refractivity contribution >= 4 is 45.6 Å². The fourth-order valence-corrected chi connectivity index (χ4v) is 5.56. The number of fused-ring (bicyclic) bond motifs is 1. The molecule has 196 valence electrons. The molecule has 1 saturated heterocycles. The number of anilines is 1. The SMILES string of the molecule is CCn1c(=O)/c(=C/Nc2ccc3c(c2)c(CN2CCCC2)cn3C)s/c1=C(\C#N)C(=O)NCC(F)(F)F. The van der Waals surface area contributed by atoms with E-state index in [9.17, 15) is 28.0 Å². The molecule has 0 bridgehead atoms. The fourth-order valence-electron chi connectivity index (χ4n) is 4.48. The molecule has 4 rings (SSSR count). The van der Waals surface area contributed by atoms with Gasteiger partial charge in [-0.25, -0.2) is 0 Å². The number of carbonyl (C=O) groups is 1. The highest BCUT2D eigenvalue weighted by Gasteiger charge is 2.29. The Hall–Kier alpha value is -3.56. The van der Waals surface area contributed by atoms with Crippen LogP contribution in [0.25, 0.3) is 22.7 Å². The molecule has 0 saturated carbocycles. The molecule has 1 aromatic carbocycles. The highest BCUT2D eigenvalue weighted by atomic mass is 32.1. The van der Waals surface area contributed by atoms with E-state index in [0.717, 1.165) is 47.6 Å². The van der Waals surface area contributed by atoms with Crippen LogP contribution < -0.4 is 25.4 Å². The minimum absolute atomic E-state index is 0.00846. The van der Waals surface area contributed by atoms with Gasteiger partial charge in [-0.2, -0.15) is 18.4 Å². The first-order valence-corrected chi connectivity index (χ1v) is 12.7. The van der Waals surface area contributed by atoms with Crippen molar-refractivity contribution in [3.63, 3.8) is 0 Å². The molecule has 3 aromatic rings. The van der Waals surface area contributed by atoms with Crippen molar-refractivity contribution in [3.05, 3.63) is 49.5 Å². The van der Waals surface area contributed by atoms with Gasteiger partial charge in [-0.05, 0) is 56.6 Å². The lowest BCUT2D eigenvalue weighted by Gasteiger charge is -2.13. The number of hydrogen-bond donors (Lipinski definition) is 2. The summed E-state index contributed by atoms with van der Waals surface area (Å²) in [5, 5.41) is 15.4. The summed E-state index contributed by atoms with van der Waals surface area (Å²) < 4.78 is 41.1. The van der Waals surface area contributed by atoms with E-state index in [4.69, 9.17) is 0 Å². The lowest BCUT2D eigenvalue weighted by Crippen LogP contribution is -2.37. The van der Waals surface area contributed by atoms with Gasteiger partial charge in [-0.1, -0.05) is 0 Å². The number of aryl methyl sites for hydroxylation is 1. The van der Waals surface area contributed by atoms with Gasteiger partial charge >= 0.3 is 6.18 Å². The van der Waals surface area contributed by atoms with Gasteiger partial charge in [0.25, 0.3) is 11.5 Å². The average molecular weight is 533 g/mol. The Morgan fingerprint density at radius 3 is 2.65 bits per heavy atom. The molecule has 0 radical (unpaired) electrons. The van der Waals surface area contributed by atoms with Crippen LogP contribution >= 0.6 is 11.3 Å². The van der Waals surface area contributed by atoms with E-state index < -0.39 is 29.8 Å². The molecule has 8 nitrogen and oxygen atoms in total. The predicted molar refractivity (Wildman–Crippen MR) is 137 cm³/mol. The summed E-state index contributed by atoms with van der Waals surface area (Å²) in [5.41, 5.74) is 2.08. The van der Waals surface area contributed by atoms with Crippen LogP contribution in [0.5, 0.6) is 0 Å². The van der Waals surface area contributed by atoms with Crippen LogP contribution in [0.15, 0.2) is 29.2 Å². The summed E-state index contributed by atoms with van der Waals surface area (Å²) in [4.78, 5) is 27.6. The van der Waals surface area contributed by atoms with Crippen LogP contribution in [-0.2, 0) is 24.9 Å². The first-order chi connectivity index (χ1) is 17.6. The predicted octanol–water partition coefficient (Wildman–Crippen LogP) is 2.22. The quantitative estimate of drug-likeness (QED) is 0.487. The minimum atomic E-state index is -4.62. The highest BCUT2D eigenvalue weighted by Crippen LogP contribution is 2.26. The zero-order valence-electron chi connectivity index (χ0n) is 20.5. The van der Waals surface area contributed by atoms with E-state index in [1.807, 2.05) is 25.2 Å². The van der Waals surface area contributed by atoms with Gasteiger partial charge in [0.15, 0.2) is 5.57 Å². The van der Waals surface area contributed by atoms with E-state index >= 15 is 0 Å². The van der Waals surface area contributed by atoms with Gasteiger partial charge in [0.05, 0.1) is 0 Å². The average Bonchev–Trinajstić information content (AvgIpc) is 3.55. The number of halogens is 3. The summed E-state index contributed by atoms with van der Waals surface area (Å²) in [5.74, 6) is -1.18. The van der Waals surface area contributed by atoms with Gasteiger partial charge in [-0.15, -0.1) is 11.3 Å². The molecule has 2 aromatic heterocycles. The van der Waals surface area contributed by atoms with E-state index in [0.29, 0.717) is 0 Å². The molecule has 0 aliphatic carbocycles. The molecule has 0 unspecified atom stereocenters. The third-order valence-corrected chi connectivity index (χ3v) is 7.39. The molecule has 0 spiro atoms. The molecule has 0 atom stereocenters. The van der Waals surface area contributed by atoms with Crippen molar-refractivity contribution in [3.8, 4) is 6.07 Å². The van der Waals surface area contributed by atoms with E-state index in [-0.39, 0.29) is 15.7 Å². The number of carbonyl (C=O) groups excluding carboxylic acids is 1. The molecule has 2 N–H and O–H groups in total. The molecule has 12 heteroatoms. The Morgan fingerprint density at radius 1 is 1.27 bits per heavy atom. The number of nitrogens with zero attached hydrogens (tertiary/aromatic N) is 4. The van der Waals surface area contributed by atoms with Crippen molar-refractivity contribution < 1.29 is 18.0 Å². The number of nitrogens with one attached hydrogen (secondary N) is 2. The topological polar surface area (TPSA) is 95.1 Å². The van der Waals surface area contributed by atoms with E-state index in [1.165, 1.54) is 29.2 Å². The molecular formula is C25H27F3N6O2S. The second-order valence-corrected chi connectivity index (χ2v) is 9.91. The molecule has 1 amide bonds. The van der Waals surface area contributed by atoms with Crippen LogP contribution in [0.1, 0.15) is 25.3 Å². The maximum absolute atomic E-state index is 12.9. The van der Waals surface area contributed by atoms with Gasteiger partial charge in [0.1, 0.15) is 21.8 Å². The Labute approximate surface area is 214 Å². The molecule has 3 heterocycles. The number of likely N-dealkylation sites (tertiary alicyclic amines) is 1. The number of nitriles is 1. The fraction of sp³-hybridized carbons (Fsp3) is 0.400. The zero-order chi connectivity index (χ0) is 26.7. The van der Waals surface area contributed by atoms with Gasteiger partial charge in [0.2, 0.25) is 0 Å². The van der Waals surface area contributed by atoms with Crippen molar-refractivity contribution in [1.29, 1.82) is 5.26 Å². The number of rotatable bonds is 7. The van der Waals surface area contributed by atoms with Gasteiger partial charge in [0, 0.05) is 49.1 Å². The van der Waals surface area contributed by atoms with Crippen LogP contribution in [0.4, 0.5) is 18.9 Å². The number of amides is 1. The summed E-state index contributed by atoms with van der Waals surface area (Å²) >= 11 is 0.877. The van der Waals surface area contributed by atoms with Crippen molar-refractivity contribution in [2.24, 2.45) is 7.05 Å². The lowest BCUT2D eigenvalue weighted by atomic mass is 10.1. The number of benzene rings is 1. The maximum Gasteiger partial charge on any atom is 0.405 e. The Balaban J connectivity index is 1.67. The number of thiazole rings is 1. The van der Waals surface area contributed by atoms with Crippen molar-refractivity contribution in [2.75, 3.05) is 25.0 Å². The third-order valence-electron chi connectivity index (χ3n) is 6.26. The Kier molecular flexibility index (Phi) is 7.75. The van der Waals surface area contributed by atoms with Crippen molar-refractivity contribution in [1.82, 2.24) is 19.4 Å². The highest BCUT2D eigenvalue weighted by molar-refractivity contribution is 7.07. The summed E-state index contributed by atoms with van der Waals surface area (Å²) in [6.45, 7) is 3.27. The van der Waals surface area contributed by atoms with Crippen LogP contribution in [0.2, 0.25) is 0 Å². The lowest BCUT2D eigenvalue weighted by molar-refractivity contribution is -0.135. The van der Waals surface area contributed by atoms with Gasteiger partial charge < -0.3 is 15.2 Å². The molecule has 1 aliphatic heterocycles. The van der Waals surface area contributed by atoms with Crippen LogP contribution in [0.3, 0.4) is 0 Å². The summed E-state index contributed by atoms with van der Waals surface area (Å²) in [6.07, 6.45) is 1.42. The standard InChI is InChI=1S/C25H27F3N6O2S/c1-3-34-23(36)21(37-24(34)19(11-29)22(35)31-15-25(26,27)28)12-30-17-6-7-20-18(10-17)16(13-32(20)2)14-33-8-4-5-9-33/h6-7,10,12-13,30H,3-5,8-9,14-15H2,1-2H3,(H,31,35)/b21-12-,24-19+. The van der Waals surface area contributed by atoms with E-state index in [2.05, 4.69) is 21.0 Å². The largest absolute Gasteiger partial charge is 0.405 e. The first kappa shape index (κ1) is 26.5. The normalized spacial score (nSPS) is 15.7. The van der Waals surface area contributed by atoms with Crippen molar-refractivity contribution in [2.45, 2.75) is 39.0 Å². The Morgan fingerprint density at radius 2 is 2.00 bits per heavy atom. The third kappa shape index (κ3) is 5.89. The van der Waals surface area contributed by atoms with Crippen LogP contribution in [0, 0.1) is 11.3 Å². The number of alkyl halides is 3. The number of hydrogen-bond acceptors (Lipinski definition) is 6. The zero-order valence-corrected chi connectivity index (χ0v) is 21.3. The maximum atomic E-state index is 12.9. The minimum Gasteiger partial charge on any atom is -0.360 e. The Bertz CT molecular complexity index is 1540. The smallest absolute Gasteiger partial charge is 0.360 e. The second-order valence-electron chi connectivity index (χ2n) is 8.87. The van der Waals surface area contributed by atoms with E-state index in [1.54, 1.807) is 18.3 Å². The van der Waals surface area contributed by atoms with Crippen LogP contribution in [-0.4, -0.2) is 45.8 Å². The number of aromatic nitrogens is 2. The monoisotopic (exact) mass is 532 g/mol.